The van der Waals surface area contributed by atoms with Gasteiger partial charge >= 0.3 is 5.97 Å². The second-order valence-electron chi connectivity index (χ2n) is 9.21. The first-order valence-corrected chi connectivity index (χ1v) is 12.3. The smallest absolute Gasteiger partial charge is 0.305 e. The van der Waals surface area contributed by atoms with E-state index in [0.29, 0.717) is 32.1 Å². The maximum absolute atomic E-state index is 13.3. The molecule has 1 aliphatic heterocycles. The molecular weight excluding hydrogens is 472 g/mol. The molecule has 0 spiro atoms. The van der Waals surface area contributed by atoms with E-state index >= 15 is 0 Å². The summed E-state index contributed by atoms with van der Waals surface area (Å²) in [6.45, 7) is 0.398. The Balaban J connectivity index is 2.07. The van der Waals surface area contributed by atoms with E-state index in [1.165, 1.54) is 4.90 Å². The number of aldehydes is 1. The summed E-state index contributed by atoms with van der Waals surface area (Å²) in [4.78, 5) is 78.5. The Morgan fingerprint density at radius 1 is 0.972 bits per heavy atom. The molecule has 1 heterocycles. The van der Waals surface area contributed by atoms with Crippen molar-refractivity contribution in [1.29, 1.82) is 0 Å². The predicted molar refractivity (Wildman–Crippen MR) is 128 cm³/mol. The third kappa shape index (κ3) is 8.61. The number of carbonyl (C=O) groups is 6. The number of amides is 3. The van der Waals surface area contributed by atoms with Gasteiger partial charge in [0.1, 0.15) is 12.1 Å². The van der Waals surface area contributed by atoms with Crippen LogP contribution in [0.5, 0.6) is 0 Å². The van der Waals surface area contributed by atoms with E-state index in [1.807, 2.05) is 0 Å². The molecular formula is C23H36N6O7. The molecule has 0 aromatic carbocycles. The topological polar surface area (TPSA) is 214 Å². The van der Waals surface area contributed by atoms with Crippen molar-refractivity contribution in [1.82, 2.24) is 15.5 Å². The number of aliphatic carboxylic acids is 1. The number of hydrogen-bond acceptors (Lipinski definition) is 7. The standard InChI is InChI=1S/C23H36N6O7/c24-23(25)26-10-4-8-15(18(31)13-30)27-21(35)17-9-5-11-29(17)22(36)16(12-19(32)33)28-20(34)14-6-2-1-3-7-14/h13-17H,1-12H2,(H,27,35)(H,28,34)(H,32,33)(H4,24,25,26). The van der Waals surface area contributed by atoms with Gasteiger partial charge in [0.25, 0.3) is 0 Å². The molecule has 200 valence electrons. The van der Waals surface area contributed by atoms with Crippen LogP contribution in [0.4, 0.5) is 0 Å². The Hall–Kier alpha value is -3.51. The number of hydrogen-bond donors (Lipinski definition) is 5. The van der Waals surface area contributed by atoms with Gasteiger partial charge in [-0.1, -0.05) is 19.3 Å². The Bertz CT molecular complexity index is 867. The first kappa shape index (κ1) is 28.7. The quantitative estimate of drug-likeness (QED) is 0.0664. The molecule has 13 heteroatoms. The zero-order valence-electron chi connectivity index (χ0n) is 20.3. The lowest BCUT2D eigenvalue weighted by atomic mass is 9.88. The van der Waals surface area contributed by atoms with Gasteiger partial charge in [-0.15, -0.1) is 0 Å². The Labute approximate surface area is 209 Å². The summed E-state index contributed by atoms with van der Waals surface area (Å²) < 4.78 is 0. The lowest BCUT2D eigenvalue weighted by Crippen LogP contribution is -2.56. The average Bonchev–Trinajstić information content (AvgIpc) is 3.34. The number of carboxylic acid groups (broad SMARTS) is 1. The Kier molecular flexibility index (Phi) is 11.3. The van der Waals surface area contributed by atoms with Crippen LogP contribution in [-0.2, 0) is 28.8 Å². The molecule has 2 rings (SSSR count). The zero-order valence-corrected chi connectivity index (χ0v) is 20.3. The molecule has 7 N–H and O–H groups in total. The summed E-state index contributed by atoms with van der Waals surface area (Å²) in [6, 6.07) is -3.38. The van der Waals surface area contributed by atoms with E-state index < -0.39 is 48.1 Å². The number of guanidine groups is 1. The van der Waals surface area contributed by atoms with Crippen LogP contribution in [0.2, 0.25) is 0 Å². The van der Waals surface area contributed by atoms with Gasteiger partial charge < -0.3 is 32.1 Å². The van der Waals surface area contributed by atoms with Crippen molar-refractivity contribution in [2.24, 2.45) is 22.4 Å². The fourth-order valence-corrected chi connectivity index (χ4v) is 4.67. The maximum Gasteiger partial charge on any atom is 0.305 e. The largest absolute Gasteiger partial charge is 0.481 e. The van der Waals surface area contributed by atoms with E-state index in [1.54, 1.807) is 0 Å². The number of ketones is 1. The van der Waals surface area contributed by atoms with E-state index in [9.17, 15) is 33.9 Å². The summed E-state index contributed by atoms with van der Waals surface area (Å²) in [5, 5.41) is 14.4. The number of carboxylic acids is 1. The van der Waals surface area contributed by atoms with E-state index in [0.717, 1.165) is 19.3 Å². The van der Waals surface area contributed by atoms with Crippen LogP contribution in [0.25, 0.3) is 0 Å². The highest BCUT2D eigenvalue weighted by atomic mass is 16.4. The van der Waals surface area contributed by atoms with E-state index in [4.69, 9.17) is 11.5 Å². The van der Waals surface area contributed by atoms with Crippen LogP contribution in [-0.4, -0.2) is 82.9 Å². The SMILES string of the molecule is NC(N)=NCCCC(NC(=O)C1CCCN1C(=O)C(CC(=O)O)NC(=O)C1CCCCC1)C(=O)C=O. The van der Waals surface area contributed by atoms with Crippen molar-refractivity contribution >= 4 is 41.7 Å². The van der Waals surface area contributed by atoms with Gasteiger partial charge in [-0.3, -0.25) is 33.8 Å². The fraction of sp³-hybridized carbons (Fsp3) is 0.696. The number of carbonyl (C=O) groups excluding carboxylic acids is 5. The molecule has 1 aliphatic carbocycles. The molecule has 0 radical (unpaired) electrons. The first-order valence-electron chi connectivity index (χ1n) is 12.3. The van der Waals surface area contributed by atoms with Crippen molar-refractivity contribution in [3.8, 4) is 0 Å². The lowest BCUT2D eigenvalue weighted by molar-refractivity contribution is -0.146. The summed E-state index contributed by atoms with van der Waals surface area (Å²) in [6.07, 6.45) is 4.92. The molecule has 0 aromatic rings. The second kappa shape index (κ2) is 14.1. The van der Waals surface area contributed by atoms with Crippen LogP contribution in [0, 0.1) is 5.92 Å². The fourth-order valence-electron chi connectivity index (χ4n) is 4.67. The summed E-state index contributed by atoms with van der Waals surface area (Å²) in [5.41, 5.74) is 10.5. The molecule has 3 amide bonds. The molecule has 0 aromatic heterocycles. The van der Waals surface area contributed by atoms with Gasteiger partial charge in [0.05, 0.1) is 12.5 Å². The van der Waals surface area contributed by atoms with Crippen LogP contribution in [0.15, 0.2) is 4.99 Å². The second-order valence-corrected chi connectivity index (χ2v) is 9.21. The number of Topliss-reactive ketones (excluding diaryl/α,β-unsaturated/α-hetero) is 1. The van der Waals surface area contributed by atoms with Gasteiger partial charge in [-0.25, -0.2) is 0 Å². The summed E-state index contributed by atoms with van der Waals surface area (Å²) in [7, 11) is 0. The van der Waals surface area contributed by atoms with Crippen molar-refractivity contribution in [3.05, 3.63) is 0 Å². The minimum Gasteiger partial charge on any atom is -0.481 e. The molecule has 13 nitrogen and oxygen atoms in total. The van der Waals surface area contributed by atoms with Crippen LogP contribution < -0.4 is 22.1 Å². The summed E-state index contributed by atoms with van der Waals surface area (Å²) in [5.74, 6) is -4.12. The maximum atomic E-state index is 13.3. The number of rotatable bonds is 13. The highest BCUT2D eigenvalue weighted by molar-refractivity contribution is 6.28. The Morgan fingerprint density at radius 2 is 1.64 bits per heavy atom. The molecule has 2 aliphatic rings. The van der Waals surface area contributed by atoms with E-state index in [-0.39, 0.29) is 43.6 Å². The molecule has 1 saturated heterocycles. The van der Waals surface area contributed by atoms with E-state index in [2.05, 4.69) is 15.6 Å². The van der Waals surface area contributed by atoms with Gasteiger partial charge in [0.2, 0.25) is 23.5 Å². The number of nitrogens with two attached hydrogens (primary N) is 2. The first-order chi connectivity index (χ1) is 17.1. The zero-order chi connectivity index (χ0) is 26.7. The van der Waals surface area contributed by atoms with Gasteiger partial charge in [0, 0.05) is 19.0 Å². The lowest BCUT2D eigenvalue weighted by Gasteiger charge is -2.30. The summed E-state index contributed by atoms with van der Waals surface area (Å²) >= 11 is 0. The minimum absolute atomic E-state index is 0.111. The van der Waals surface area contributed by atoms with Crippen LogP contribution in [0.1, 0.15) is 64.2 Å². The number of nitrogens with one attached hydrogen (secondary N) is 2. The normalized spacial score (nSPS) is 19.6. The molecule has 1 saturated carbocycles. The molecule has 3 unspecified atom stereocenters. The van der Waals surface area contributed by atoms with Crippen molar-refractivity contribution < 1.29 is 33.9 Å². The van der Waals surface area contributed by atoms with Gasteiger partial charge in [-0.2, -0.15) is 0 Å². The van der Waals surface area contributed by atoms with Crippen LogP contribution in [0.3, 0.4) is 0 Å². The number of aliphatic imine (C=N–C) groups is 1. The van der Waals surface area contributed by atoms with Crippen molar-refractivity contribution in [2.45, 2.75) is 82.3 Å². The average molecular weight is 509 g/mol. The van der Waals surface area contributed by atoms with Crippen molar-refractivity contribution in [3.63, 3.8) is 0 Å². The van der Waals surface area contributed by atoms with Gasteiger partial charge in [0.15, 0.2) is 12.2 Å². The Morgan fingerprint density at radius 3 is 2.25 bits per heavy atom. The van der Waals surface area contributed by atoms with Crippen molar-refractivity contribution in [2.75, 3.05) is 13.1 Å². The predicted octanol–water partition coefficient (Wildman–Crippen LogP) is -1.18. The molecule has 0 bridgehead atoms. The minimum atomic E-state index is -1.31. The molecule has 36 heavy (non-hydrogen) atoms. The van der Waals surface area contributed by atoms with Crippen LogP contribution >= 0.6 is 0 Å². The monoisotopic (exact) mass is 508 g/mol. The molecule has 2 fully saturated rings. The third-order valence-electron chi connectivity index (χ3n) is 6.53. The third-order valence-corrected chi connectivity index (χ3v) is 6.53. The highest BCUT2D eigenvalue weighted by Gasteiger charge is 2.40. The number of nitrogens with zero attached hydrogens (tertiary/aromatic N) is 2. The number of likely N-dealkylation sites (tertiary alicyclic amines) is 1. The van der Waals surface area contributed by atoms with Gasteiger partial charge in [-0.05, 0) is 38.5 Å². The molecule has 3 atom stereocenters. The highest BCUT2D eigenvalue weighted by Crippen LogP contribution is 2.25.